The Kier molecular flexibility index (Phi) is 4.39. The van der Waals surface area contributed by atoms with Gasteiger partial charge in [0.25, 0.3) is 0 Å². The molecule has 0 aromatic heterocycles. The van der Waals surface area contributed by atoms with Crippen molar-refractivity contribution in [3.63, 3.8) is 0 Å². The molecule has 0 atom stereocenters. The summed E-state index contributed by atoms with van der Waals surface area (Å²) in [7, 11) is 0. The molecule has 1 aromatic carbocycles. The Hall–Kier alpha value is -2.04. The van der Waals surface area contributed by atoms with Crippen LogP contribution in [0.3, 0.4) is 0 Å². The summed E-state index contributed by atoms with van der Waals surface area (Å²) in [5, 5.41) is 6.18. The standard InChI is InChI=1S/C14H20N4O/c1-3-18(4-2)14(19)17-12-8-6-5-7-11(12)13-15-9-10-16-13/h5-8H,3-4,9-10H2,1-2H3,(H,15,16)(H,17,19). The normalized spacial score (nSPS) is 13.7. The number of nitrogens with zero attached hydrogens (tertiary/aromatic N) is 2. The van der Waals surface area contributed by atoms with Crippen LogP contribution in [0.25, 0.3) is 0 Å². The van der Waals surface area contributed by atoms with Crippen LogP contribution in [0.4, 0.5) is 10.5 Å². The molecule has 0 saturated heterocycles. The molecule has 102 valence electrons. The number of benzene rings is 1. The second-order valence-electron chi connectivity index (χ2n) is 4.31. The molecule has 2 rings (SSSR count). The van der Waals surface area contributed by atoms with Gasteiger partial charge in [-0.05, 0) is 26.0 Å². The van der Waals surface area contributed by atoms with Crippen molar-refractivity contribution >= 4 is 17.6 Å². The highest BCUT2D eigenvalue weighted by Gasteiger charge is 2.15. The van der Waals surface area contributed by atoms with Crippen molar-refractivity contribution in [2.24, 2.45) is 4.99 Å². The monoisotopic (exact) mass is 260 g/mol. The third kappa shape index (κ3) is 3.05. The molecule has 0 radical (unpaired) electrons. The first-order valence-electron chi connectivity index (χ1n) is 6.70. The van der Waals surface area contributed by atoms with E-state index in [0.717, 1.165) is 30.2 Å². The van der Waals surface area contributed by atoms with E-state index in [2.05, 4.69) is 15.6 Å². The first-order chi connectivity index (χ1) is 9.26. The molecule has 0 saturated carbocycles. The van der Waals surface area contributed by atoms with E-state index >= 15 is 0 Å². The summed E-state index contributed by atoms with van der Waals surface area (Å²) >= 11 is 0. The summed E-state index contributed by atoms with van der Waals surface area (Å²) in [6, 6.07) is 7.66. The maximum Gasteiger partial charge on any atom is 0.321 e. The summed E-state index contributed by atoms with van der Waals surface area (Å²) in [5.41, 5.74) is 1.74. The number of urea groups is 1. The molecule has 0 spiro atoms. The van der Waals surface area contributed by atoms with Crippen LogP contribution in [0.5, 0.6) is 0 Å². The fourth-order valence-electron chi connectivity index (χ4n) is 2.08. The van der Waals surface area contributed by atoms with Gasteiger partial charge in [-0.25, -0.2) is 4.79 Å². The van der Waals surface area contributed by atoms with Gasteiger partial charge in [0.1, 0.15) is 5.84 Å². The number of anilines is 1. The summed E-state index contributed by atoms with van der Waals surface area (Å²) in [5.74, 6) is 0.857. The number of nitrogens with one attached hydrogen (secondary N) is 2. The highest BCUT2D eigenvalue weighted by molar-refractivity contribution is 6.06. The minimum absolute atomic E-state index is 0.0731. The molecule has 19 heavy (non-hydrogen) atoms. The van der Waals surface area contributed by atoms with Gasteiger partial charge in [0.15, 0.2) is 0 Å². The van der Waals surface area contributed by atoms with E-state index in [0.29, 0.717) is 13.1 Å². The van der Waals surface area contributed by atoms with Gasteiger partial charge in [-0.1, -0.05) is 12.1 Å². The number of para-hydroxylation sites is 1. The number of amides is 2. The second-order valence-corrected chi connectivity index (χ2v) is 4.31. The minimum atomic E-state index is -0.0731. The Morgan fingerprint density at radius 3 is 2.74 bits per heavy atom. The van der Waals surface area contributed by atoms with E-state index in [9.17, 15) is 4.79 Å². The lowest BCUT2D eigenvalue weighted by Gasteiger charge is -2.20. The first-order valence-corrected chi connectivity index (χ1v) is 6.70. The molecular formula is C14H20N4O. The number of rotatable bonds is 4. The molecule has 0 unspecified atom stereocenters. The third-order valence-electron chi connectivity index (χ3n) is 3.15. The number of hydrogen-bond acceptors (Lipinski definition) is 3. The molecule has 0 bridgehead atoms. The van der Waals surface area contributed by atoms with Gasteiger partial charge >= 0.3 is 6.03 Å². The molecule has 2 N–H and O–H groups in total. The Bertz CT molecular complexity index is 480. The van der Waals surface area contributed by atoms with Crippen molar-refractivity contribution in [2.45, 2.75) is 13.8 Å². The number of carbonyl (C=O) groups is 1. The van der Waals surface area contributed by atoms with E-state index in [-0.39, 0.29) is 6.03 Å². The lowest BCUT2D eigenvalue weighted by Crippen LogP contribution is -2.35. The molecular weight excluding hydrogens is 240 g/mol. The maximum atomic E-state index is 12.1. The lowest BCUT2D eigenvalue weighted by molar-refractivity contribution is 0.217. The van der Waals surface area contributed by atoms with Gasteiger partial charge in [-0.15, -0.1) is 0 Å². The SMILES string of the molecule is CCN(CC)C(=O)Nc1ccccc1C1=NCCN1. The number of carbonyl (C=O) groups excluding carboxylic acids is 1. The Morgan fingerprint density at radius 2 is 2.11 bits per heavy atom. The van der Waals surface area contributed by atoms with Crippen LogP contribution in [0.1, 0.15) is 19.4 Å². The fraction of sp³-hybridized carbons (Fsp3) is 0.429. The average Bonchev–Trinajstić information content (AvgIpc) is 2.94. The van der Waals surface area contributed by atoms with Gasteiger partial charge in [-0.2, -0.15) is 0 Å². The first kappa shape index (κ1) is 13.4. The molecule has 0 fully saturated rings. The topological polar surface area (TPSA) is 56.7 Å². The minimum Gasteiger partial charge on any atom is -0.368 e. The lowest BCUT2D eigenvalue weighted by atomic mass is 10.1. The Balaban J connectivity index is 2.18. The third-order valence-corrected chi connectivity index (χ3v) is 3.15. The van der Waals surface area contributed by atoms with E-state index in [4.69, 9.17) is 0 Å². The van der Waals surface area contributed by atoms with E-state index in [1.807, 2.05) is 38.1 Å². The summed E-state index contributed by atoms with van der Waals surface area (Å²) in [6.07, 6.45) is 0. The van der Waals surface area contributed by atoms with Crippen molar-refractivity contribution in [1.29, 1.82) is 0 Å². The maximum absolute atomic E-state index is 12.1. The molecule has 0 aliphatic carbocycles. The van der Waals surface area contributed by atoms with Crippen molar-refractivity contribution in [3.8, 4) is 0 Å². The van der Waals surface area contributed by atoms with Crippen molar-refractivity contribution in [3.05, 3.63) is 29.8 Å². The predicted molar refractivity (Wildman–Crippen MR) is 77.8 cm³/mol. The summed E-state index contributed by atoms with van der Waals surface area (Å²) in [6.45, 7) is 6.98. The number of aliphatic imine (C=N–C) groups is 1. The summed E-state index contributed by atoms with van der Waals surface area (Å²) in [4.78, 5) is 18.2. The van der Waals surface area contributed by atoms with Gasteiger partial charge in [-0.3, -0.25) is 4.99 Å². The molecule has 5 heteroatoms. The predicted octanol–water partition coefficient (Wildman–Crippen LogP) is 1.91. The van der Waals surface area contributed by atoms with Crippen LogP contribution in [-0.2, 0) is 0 Å². The second kappa shape index (κ2) is 6.22. The fourth-order valence-corrected chi connectivity index (χ4v) is 2.08. The highest BCUT2D eigenvalue weighted by atomic mass is 16.2. The zero-order valence-electron chi connectivity index (χ0n) is 11.4. The molecule has 1 aliphatic heterocycles. The largest absolute Gasteiger partial charge is 0.368 e. The molecule has 1 aliphatic rings. The smallest absolute Gasteiger partial charge is 0.321 e. The highest BCUT2D eigenvalue weighted by Crippen LogP contribution is 2.17. The van der Waals surface area contributed by atoms with Crippen molar-refractivity contribution in [1.82, 2.24) is 10.2 Å². The van der Waals surface area contributed by atoms with Crippen LogP contribution >= 0.6 is 0 Å². The van der Waals surface area contributed by atoms with Crippen LogP contribution in [0, 0.1) is 0 Å². The van der Waals surface area contributed by atoms with Crippen molar-refractivity contribution < 1.29 is 4.79 Å². The van der Waals surface area contributed by atoms with Crippen LogP contribution in [0.15, 0.2) is 29.3 Å². The Labute approximate surface area is 113 Å². The Morgan fingerprint density at radius 1 is 1.37 bits per heavy atom. The number of hydrogen-bond donors (Lipinski definition) is 2. The number of amidine groups is 1. The van der Waals surface area contributed by atoms with E-state index < -0.39 is 0 Å². The van der Waals surface area contributed by atoms with Gasteiger partial charge in [0, 0.05) is 25.2 Å². The molecule has 5 nitrogen and oxygen atoms in total. The molecule has 1 aromatic rings. The quantitative estimate of drug-likeness (QED) is 0.869. The zero-order valence-corrected chi connectivity index (χ0v) is 11.4. The molecule has 2 amide bonds. The van der Waals surface area contributed by atoms with Gasteiger partial charge < -0.3 is 15.5 Å². The van der Waals surface area contributed by atoms with Crippen LogP contribution in [0.2, 0.25) is 0 Å². The zero-order chi connectivity index (χ0) is 13.7. The average molecular weight is 260 g/mol. The van der Waals surface area contributed by atoms with E-state index in [1.165, 1.54) is 0 Å². The summed E-state index contributed by atoms with van der Waals surface area (Å²) < 4.78 is 0. The van der Waals surface area contributed by atoms with Crippen LogP contribution < -0.4 is 10.6 Å². The van der Waals surface area contributed by atoms with Crippen LogP contribution in [-0.4, -0.2) is 42.9 Å². The molecule has 1 heterocycles. The van der Waals surface area contributed by atoms with Crippen molar-refractivity contribution in [2.75, 3.05) is 31.5 Å². The van der Waals surface area contributed by atoms with Gasteiger partial charge in [0.05, 0.1) is 12.2 Å². The van der Waals surface area contributed by atoms with E-state index in [1.54, 1.807) is 4.90 Å². The van der Waals surface area contributed by atoms with Gasteiger partial charge in [0.2, 0.25) is 0 Å².